The van der Waals surface area contributed by atoms with Crippen molar-refractivity contribution in [1.29, 1.82) is 0 Å². The van der Waals surface area contributed by atoms with E-state index in [0.717, 1.165) is 18.4 Å². The van der Waals surface area contributed by atoms with E-state index >= 15 is 0 Å². The molecule has 1 unspecified atom stereocenters. The number of benzene rings is 1. The molecule has 1 N–H and O–H groups in total. The summed E-state index contributed by atoms with van der Waals surface area (Å²) in [6.45, 7) is 6.88. The number of likely N-dealkylation sites (tertiary alicyclic amines) is 1. The third-order valence-corrected chi connectivity index (χ3v) is 3.89. The number of aromatic nitrogens is 3. The molecular formula is C16H22N4O3. The molecule has 1 aromatic heterocycles. The van der Waals surface area contributed by atoms with Crippen molar-refractivity contribution in [2.24, 2.45) is 0 Å². The van der Waals surface area contributed by atoms with Gasteiger partial charge in [-0.3, -0.25) is 0 Å². The van der Waals surface area contributed by atoms with Crippen LogP contribution >= 0.6 is 0 Å². The highest BCUT2D eigenvalue weighted by Gasteiger charge is 2.32. The smallest absolute Gasteiger partial charge is 0.410 e. The van der Waals surface area contributed by atoms with Crippen molar-refractivity contribution in [3.05, 3.63) is 18.2 Å². The van der Waals surface area contributed by atoms with Crippen molar-refractivity contribution in [2.45, 2.75) is 51.8 Å². The number of ether oxygens (including phenoxy) is 1. The van der Waals surface area contributed by atoms with Gasteiger partial charge < -0.3 is 14.7 Å². The molecule has 2 heterocycles. The zero-order chi connectivity index (χ0) is 16.6. The summed E-state index contributed by atoms with van der Waals surface area (Å²) in [6.07, 6.45) is 1.60. The largest absolute Gasteiger partial charge is 0.508 e. The summed E-state index contributed by atoms with van der Waals surface area (Å²) in [5.74, 6) is 0.167. The molecule has 2 aromatic rings. The van der Waals surface area contributed by atoms with Gasteiger partial charge in [0.15, 0.2) is 0 Å². The second kappa shape index (κ2) is 5.72. The summed E-state index contributed by atoms with van der Waals surface area (Å²) in [7, 11) is 0. The maximum Gasteiger partial charge on any atom is 0.410 e. The van der Waals surface area contributed by atoms with Gasteiger partial charge in [0, 0.05) is 12.6 Å². The lowest BCUT2D eigenvalue weighted by Crippen LogP contribution is -2.41. The fourth-order valence-electron chi connectivity index (χ4n) is 2.88. The minimum absolute atomic E-state index is 0.0450. The first-order chi connectivity index (χ1) is 10.8. The minimum atomic E-state index is -0.498. The molecule has 0 aliphatic carbocycles. The number of fused-ring (bicyclic) bond motifs is 1. The predicted octanol–water partition coefficient (Wildman–Crippen LogP) is 2.54. The number of phenolic OH excluding ortho intramolecular Hbond substituents is 1. The minimum Gasteiger partial charge on any atom is -0.508 e. The standard InChI is InChI=1S/C16H22N4O3/c1-16(2,3)23-15(22)19-8-4-5-11(19)10-20-14-7-6-12(21)9-13(14)17-18-20/h6-7,9,11,21H,4-5,8,10H2,1-3H3. The molecule has 0 bridgehead atoms. The van der Waals surface area contributed by atoms with E-state index in [9.17, 15) is 9.90 Å². The molecule has 0 spiro atoms. The second-order valence-electron chi connectivity index (χ2n) is 6.91. The number of rotatable bonds is 2. The Kier molecular flexibility index (Phi) is 3.87. The lowest BCUT2D eigenvalue weighted by molar-refractivity contribution is 0.0212. The van der Waals surface area contributed by atoms with Gasteiger partial charge >= 0.3 is 6.09 Å². The topological polar surface area (TPSA) is 80.5 Å². The molecule has 1 aromatic carbocycles. The molecule has 1 saturated heterocycles. The highest BCUT2D eigenvalue weighted by Crippen LogP contribution is 2.24. The third kappa shape index (κ3) is 3.38. The van der Waals surface area contributed by atoms with E-state index in [1.165, 1.54) is 0 Å². The van der Waals surface area contributed by atoms with E-state index in [1.807, 2.05) is 20.8 Å². The summed E-state index contributed by atoms with van der Waals surface area (Å²) in [5, 5.41) is 17.7. The molecule has 1 aliphatic rings. The van der Waals surface area contributed by atoms with Crippen molar-refractivity contribution >= 4 is 17.1 Å². The first-order valence-electron chi connectivity index (χ1n) is 7.85. The fraction of sp³-hybridized carbons (Fsp3) is 0.562. The summed E-state index contributed by atoms with van der Waals surface area (Å²) >= 11 is 0. The van der Waals surface area contributed by atoms with E-state index in [2.05, 4.69) is 10.3 Å². The summed E-state index contributed by atoms with van der Waals surface area (Å²) in [5.41, 5.74) is 0.993. The number of nitrogens with zero attached hydrogens (tertiary/aromatic N) is 4. The quantitative estimate of drug-likeness (QED) is 0.920. The third-order valence-electron chi connectivity index (χ3n) is 3.89. The molecule has 1 amide bonds. The monoisotopic (exact) mass is 318 g/mol. The van der Waals surface area contributed by atoms with Crippen LogP contribution in [0, 0.1) is 0 Å². The van der Waals surface area contributed by atoms with Crippen LogP contribution in [0.5, 0.6) is 5.75 Å². The predicted molar refractivity (Wildman–Crippen MR) is 85.2 cm³/mol. The van der Waals surface area contributed by atoms with E-state index < -0.39 is 5.60 Å². The Labute approximate surface area is 134 Å². The number of hydrogen-bond donors (Lipinski definition) is 1. The van der Waals surface area contributed by atoms with Gasteiger partial charge in [-0.2, -0.15) is 0 Å². The highest BCUT2D eigenvalue weighted by atomic mass is 16.6. The van der Waals surface area contributed by atoms with Gasteiger partial charge in [-0.15, -0.1) is 5.10 Å². The van der Waals surface area contributed by atoms with Crippen LogP contribution in [-0.2, 0) is 11.3 Å². The van der Waals surface area contributed by atoms with Crippen LogP contribution in [0.25, 0.3) is 11.0 Å². The van der Waals surface area contributed by atoms with Crippen molar-refractivity contribution in [2.75, 3.05) is 6.54 Å². The molecule has 0 saturated carbocycles. The van der Waals surface area contributed by atoms with Crippen LogP contribution in [0.1, 0.15) is 33.6 Å². The van der Waals surface area contributed by atoms with Crippen LogP contribution in [0.4, 0.5) is 4.79 Å². The molecule has 1 aliphatic heterocycles. The van der Waals surface area contributed by atoms with Gasteiger partial charge in [-0.1, -0.05) is 5.21 Å². The normalized spacial score (nSPS) is 18.6. The number of hydrogen-bond acceptors (Lipinski definition) is 5. The summed E-state index contributed by atoms with van der Waals surface area (Å²) in [4.78, 5) is 14.1. The molecule has 1 atom stereocenters. The van der Waals surface area contributed by atoms with E-state index in [-0.39, 0.29) is 17.9 Å². The van der Waals surface area contributed by atoms with Crippen LogP contribution in [0.2, 0.25) is 0 Å². The van der Waals surface area contributed by atoms with E-state index in [0.29, 0.717) is 18.6 Å². The van der Waals surface area contributed by atoms with Crippen molar-refractivity contribution in [3.8, 4) is 5.75 Å². The Morgan fingerprint density at radius 2 is 2.22 bits per heavy atom. The fourth-order valence-corrected chi connectivity index (χ4v) is 2.88. The van der Waals surface area contributed by atoms with Gasteiger partial charge in [0.1, 0.15) is 16.9 Å². The average molecular weight is 318 g/mol. The van der Waals surface area contributed by atoms with Gasteiger partial charge in [0.05, 0.1) is 18.1 Å². The Morgan fingerprint density at radius 3 is 2.96 bits per heavy atom. The lowest BCUT2D eigenvalue weighted by atomic mass is 10.2. The van der Waals surface area contributed by atoms with Gasteiger partial charge in [0.25, 0.3) is 0 Å². The van der Waals surface area contributed by atoms with Crippen LogP contribution < -0.4 is 0 Å². The van der Waals surface area contributed by atoms with Gasteiger partial charge in [-0.05, 0) is 45.7 Å². The van der Waals surface area contributed by atoms with Crippen molar-refractivity contribution < 1.29 is 14.6 Å². The molecule has 3 rings (SSSR count). The second-order valence-corrected chi connectivity index (χ2v) is 6.91. The van der Waals surface area contributed by atoms with Gasteiger partial charge in [0.2, 0.25) is 0 Å². The van der Waals surface area contributed by atoms with Crippen LogP contribution in [0.15, 0.2) is 18.2 Å². The molecule has 23 heavy (non-hydrogen) atoms. The molecular weight excluding hydrogens is 296 g/mol. The molecule has 7 nitrogen and oxygen atoms in total. The first-order valence-corrected chi connectivity index (χ1v) is 7.85. The lowest BCUT2D eigenvalue weighted by Gasteiger charge is -2.28. The van der Waals surface area contributed by atoms with Crippen molar-refractivity contribution in [3.63, 3.8) is 0 Å². The number of phenols is 1. The highest BCUT2D eigenvalue weighted by molar-refractivity contribution is 5.76. The first kappa shape index (κ1) is 15.6. The number of carbonyl (C=O) groups excluding carboxylic acids is 1. The number of aromatic hydroxyl groups is 1. The molecule has 7 heteroatoms. The van der Waals surface area contributed by atoms with Crippen molar-refractivity contribution in [1.82, 2.24) is 19.9 Å². The maximum absolute atomic E-state index is 12.3. The molecule has 124 valence electrons. The average Bonchev–Trinajstić information content (AvgIpc) is 3.04. The Balaban J connectivity index is 1.76. The van der Waals surface area contributed by atoms with Crippen LogP contribution in [0.3, 0.4) is 0 Å². The molecule has 0 radical (unpaired) electrons. The number of carbonyl (C=O) groups is 1. The van der Waals surface area contributed by atoms with E-state index in [1.54, 1.807) is 27.8 Å². The zero-order valence-electron chi connectivity index (χ0n) is 13.7. The SMILES string of the molecule is CC(C)(C)OC(=O)N1CCCC1Cn1nnc2cc(O)ccc21. The number of amides is 1. The van der Waals surface area contributed by atoms with Gasteiger partial charge in [-0.25, -0.2) is 9.48 Å². The molecule has 1 fully saturated rings. The van der Waals surface area contributed by atoms with Crippen LogP contribution in [-0.4, -0.2) is 49.3 Å². The van der Waals surface area contributed by atoms with E-state index in [4.69, 9.17) is 4.74 Å². The summed E-state index contributed by atoms with van der Waals surface area (Å²) in [6, 6.07) is 5.03. The maximum atomic E-state index is 12.3. The Bertz CT molecular complexity index is 720. The Hall–Kier alpha value is -2.31. The summed E-state index contributed by atoms with van der Waals surface area (Å²) < 4.78 is 7.26. The Morgan fingerprint density at radius 1 is 1.43 bits per heavy atom. The zero-order valence-corrected chi connectivity index (χ0v) is 13.7.